The van der Waals surface area contributed by atoms with Crippen molar-refractivity contribution in [3.63, 3.8) is 0 Å². The quantitative estimate of drug-likeness (QED) is 0.448. The first-order valence-corrected chi connectivity index (χ1v) is 8.12. The number of hydrogen-bond acceptors (Lipinski definition) is 2. The predicted octanol–water partition coefficient (Wildman–Crippen LogP) is 5.33. The summed E-state index contributed by atoms with van der Waals surface area (Å²) in [6, 6.07) is 2.16. The minimum atomic E-state index is 0.351. The van der Waals surface area contributed by atoms with Crippen LogP contribution in [0.25, 0.3) is 0 Å². The van der Waals surface area contributed by atoms with E-state index in [0.29, 0.717) is 25.0 Å². The maximum Gasteiger partial charge on any atom is 0.0645 e. The lowest BCUT2D eigenvalue weighted by atomic mass is 9.91. The van der Waals surface area contributed by atoms with Crippen LogP contribution < -0.4 is 0 Å². The van der Waals surface area contributed by atoms with Crippen molar-refractivity contribution in [2.75, 3.05) is 6.61 Å². The fourth-order valence-electron chi connectivity index (χ4n) is 2.53. The molecule has 0 unspecified atom stereocenters. The van der Waals surface area contributed by atoms with Crippen LogP contribution in [0.4, 0.5) is 0 Å². The van der Waals surface area contributed by atoms with Crippen molar-refractivity contribution >= 4 is 0 Å². The SMILES string of the molecule is CCCC[C@@H](CC)CC[C@H](CC(C)C)OCCC#N. The zero-order valence-electron chi connectivity index (χ0n) is 13.5. The monoisotopic (exact) mass is 267 g/mol. The molecule has 0 saturated heterocycles. The summed E-state index contributed by atoms with van der Waals surface area (Å²) in [5, 5.41) is 8.58. The Morgan fingerprint density at radius 3 is 2.37 bits per heavy atom. The Labute approximate surface area is 120 Å². The van der Waals surface area contributed by atoms with Crippen LogP contribution in [-0.4, -0.2) is 12.7 Å². The molecule has 0 radical (unpaired) electrons. The highest BCUT2D eigenvalue weighted by atomic mass is 16.5. The summed E-state index contributed by atoms with van der Waals surface area (Å²) in [5.41, 5.74) is 0. The molecule has 0 aromatic carbocycles. The standard InChI is InChI=1S/C17H33NO/c1-5-7-9-16(6-2)10-11-17(14-15(3)4)19-13-8-12-18/h15-17H,5-11,13-14H2,1-4H3/t16-,17-/m1/s1. The number of nitrogens with zero attached hydrogens (tertiary/aromatic N) is 1. The van der Waals surface area contributed by atoms with Gasteiger partial charge in [-0.15, -0.1) is 0 Å². The topological polar surface area (TPSA) is 33.0 Å². The van der Waals surface area contributed by atoms with Crippen LogP contribution in [0.5, 0.6) is 0 Å². The Bertz CT molecular complexity index is 232. The van der Waals surface area contributed by atoms with Crippen molar-refractivity contribution < 1.29 is 4.74 Å². The van der Waals surface area contributed by atoms with Crippen molar-refractivity contribution in [2.24, 2.45) is 11.8 Å². The van der Waals surface area contributed by atoms with Crippen molar-refractivity contribution in [3.05, 3.63) is 0 Å². The molecule has 0 bridgehead atoms. The molecule has 0 amide bonds. The van der Waals surface area contributed by atoms with Gasteiger partial charge in [0.15, 0.2) is 0 Å². The second-order valence-electron chi connectivity index (χ2n) is 6.02. The molecular weight excluding hydrogens is 234 g/mol. The molecule has 0 aliphatic heterocycles. The molecule has 2 heteroatoms. The van der Waals surface area contributed by atoms with E-state index in [1.807, 2.05) is 0 Å². The molecule has 0 fully saturated rings. The summed E-state index contributed by atoms with van der Waals surface area (Å²) >= 11 is 0. The number of unbranched alkanes of at least 4 members (excludes halogenated alkanes) is 1. The molecule has 0 aromatic heterocycles. The number of ether oxygens (including phenoxy) is 1. The van der Waals surface area contributed by atoms with E-state index >= 15 is 0 Å². The molecule has 0 saturated carbocycles. The first-order valence-electron chi connectivity index (χ1n) is 8.12. The van der Waals surface area contributed by atoms with Crippen LogP contribution in [0.1, 0.15) is 79.1 Å². The maximum atomic E-state index is 8.58. The second-order valence-corrected chi connectivity index (χ2v) is 6.02. The molecule has 0 spiro atoms. The number of hydrogen-bond donors (Lipinski definition) is 0. The Kier molecular flexibility index (Phi) is 12.1. The van der Waals surface area contributed by atoms with Gasteiger partial charge in [-0.05, 0) is 31.1 Å². The van der Waals surface area contributed by atoms with Gasteiger partial charge in [0.1, 0.15) is 0 Å². The van der Waals surface area contributed by atoms with Crippen LogP contribution in [0, 0.1) is 23.2 Å². The lowest BCUT2D eigenvalue weighted by Gasteiger charge is -2.22. The van der Waals surface area contributed by atoms with E-state index in [0.717, 1.165) is 18.8 Å². The molecule has 0 aliphatic rings. The summed E-state index contributed by atoms with van der Waals surface area (Å²) in [6.45, 7) is 9.65. The first kappa shape index (κ1) is 18.4. The lowest BCUT2D eigenvalue weighted by Crippen LogP contribution is -2.18. The van der Waals surface area contributed by atoms with Gasteiger partial charge in [-0.2, -0.15) is 5.26 Å². The van der Waals surface area contributed by atoms with Crippen molar-refractivity contribution in [1.82, 2.24) is 0 Å². The largest absolute Gasteiger partial charge is 0.377 e. The average Bonchev–Trinajstić information content (AvgIpc) is 2.38. The van der Waals surface area contributed by atoms with Crippen molar-refractivity contribution in [2.45, 2.75) is 85.2 Å². The van der Waals surface area contributed by atoms with Crippen molar-refractivity contribution in [3.8, 4) is 6.07 Å². The van der Waals surface area contributed by atoms with E-state index in [2.05, 4.69) is 33.8 Å². The highest BCUT2D eigenvalue weighted by Crippen LogP contribution is 2.22. The van der Waals surface area contributed by atoms with E-state index < -0.39 is 0 Å². The Balaban J connectivity index is 4.03. The van der Waals surface area contributed by atoms with E-state index in [9.17, 15) is 0 Å². The second kappa shape index (κ2) is 12.5. The zero-order valence-corrected chi connectivity index (χ0v) is 13.5. The van der Waals surface area contributed by atoms with Gasteiger partial charge in [0.05, 0.1) is 25.2 Å². The van der Waals surface area contributed by atoms with E-state index in [1.165, 1.54) is 32.1 Å². The highest BCUT2D eigenvalue weighted by molar-refractivity contribution is 4.70. The predicted molar refractivity (Wildman–Crippen MR) is 82.0 cm³/mol. The van der Waals surface area contributed by atoms with Crippen LogP contribution in [0.3, 0.4) is 0 Å². The van der Waals surface area contributed by atoms with Gasteiger partial charge in [0.2, 0.25) is 0 Å². The number of rotatable bonds is 12. The van der Waals surface area contributed by atoms with Gasteiger partial charge in [-0.25, -0.2) is 0 Å². The minimum absolute atomic E-state index is 0.351. The van der Waals surface area contributed by atoms with Gasteiger partial charge in [0.25, 0.3) is 0 Å². The molecule has 0 N–H and O–H groups in total. The molecule has 2 nitrogen and oxygen atoms in total. The Morgan fingerprint density at radius 2 is 1.84 bits per heavy atom. The van der Waals surface area contributed by atoms with Gasteiger partial charge in [0, 0.05) is 0 Å². The number of nitriles is 1. The fourth-order valence-corrected chi connectivity index (χ4v) is 2.53. The third kappa shape index (κ3) is 11.0. The average molecular weight is 267 g/mol. The molecule has 112 valence electrons. The van der Waals surface area contributed by atoms with Gasteiger partial charge in [-0.1, -0.05) is 53.4 Å². The molecule has 2 atom stereocenters. The van der Waals surface area contributed by atoms with Crippen LogP contribution in [-0.2, 0) is 4.74 Å². The van der Waals surface area contributed by atoms with Gasteiger partial charge < -0.3 is 4.74 Å². The first-order chi connectivity index (χ1) is 9.13. The normalized spacial score (nSPS) is 14.3. The van der Waals surface area contributed by atoms with Crippen LogP contribution in [0.15, 0.2) is 0 Å². The summed E-state index contributed by atoms with van der Waals surface area (Å²) in [4.78, 5) is 0. The van der Waals surface area contributed by atoms with Gasteiger partial charge in [-0.3, -0.25) is 0 Å². The molecule has 19 heavy (non-hydrogen) atoms. The summed E-state index contributed by atoms with van der Waals surface area (Å²) in [5.74, 6) is 1.52. The van der Waals surface area contributed by atoms with Crippen molar-refractivity contribution in [1.29, 1.82) is 5.26 Å². The molecular formula is C17H33NO. The molecule has 0 aromatic rings. The summed E-state index contributed by atoms with van der Waals surface area (Å²) in [7, 11) is 0. The molecule has 0 heterocycles. The van der Waals surface area contributed by atoms with E-state index in [4.69, 9.17) is 10.00 Å². The Hall–Kier alpha value is -0.550. The lowest BCUT2D eigenvalue weighted by molar-refractivity contribution is 0.0322. The van der Waals surface area contributed by atoms with Crippen LogP contribution >= 0.6 is 0 Å². The molecule has 0 aliphatic carbocycles. The van der Waals surface area contributed by atoms with E-state index in [-0.39, 0.29) is 0 Å². The summed E-state index contributed by atoms with van der Waals surface area (Å²) in [6.07, 6.45) is 9.72. The Morgan fingerprint density at radius 1 is 1.11 bits per heavy atom. The zero-order chi connectivity index (χ0) is 14.5. The molecule has 0 rings (SSSR count). The fraction of sp³-hybridized carbons (Fsp3) is 0.941. The van der Waals surface area contributed by atoms with Gasteiger partial charge >= 0.3 is 0 Å². The van der Waals surface area contributed by atoms with E-state index in [1.54, 1.807) is 0 Å². The summed E-state index contributed by atoms with van der Waals surface area (Å²) < 4.78 is 5.87. The van der Waals surface area contributed by atoms with Crippen LogP contribution in [0.2, 0.25) is 0 Å². The minimum Gasteiger partial charge on any atom is -0.377 e. The maximum absolute atomic E-state index is 8.58. The highest BCUT2D eigenvalue weighted by Gasteiger charge is 2.14. The third-order valence-corrected chi connectivity index (χ3v) is 3.74. The third-order valence-electron chi connectivity index (χ3n) is 3.74. The smallest absolute Gasteiger partial charge is 0.0645 e.